The number of methoxy groups -OCH3 is 1. The lowest BCUT2D eigenvalue weighted by Gasteiger charge is -2.42. The maximum atomic E-state index is 13.0. The van der Waals surface area contributed by atoms with E-state index in [1.165, 1.54) is 6.20 Å². The third-order valence-electron chi connectivity index (χ3n) is 5.17. The van der Waals surface area contributed by atoms with E-state index in [9.17, 15) is 8.78 Å². The van der Waals surface area contributed by atoms with E-state index >= 15 is 0 Å². The van der Waals surface area contributed by atoms with Crippen molar-refractivity contribution in [2.24, 2.45) is 4.99 Å². The van der Waals surface area contributed by atoms with Crippen LogP contribution in [-0.4, -0.2) is 23.5 Å². The van der Waals surface area contributed by atoms with Gasteiger partial charge in [-0.25, -0.2) is 13.8 Å². The first kappa shape index (κ1) is 16.9. The molecule has 1 aromatic carbocycles. The third-order valence-corrected chi connectivity index (χ3v) is 5.17. The molecule has 0 radical (unpaired) electrons. The van der Waals surface area contributed by atoms with Crippen LogP contribution < -0.4 is 9.47 Å². The molecule has 4 nitrogen and oxygen atoms in total. The zero-order valence-corrected chi connectivity index (χ0v) is 15.0. The molecule has 1 aliphatic heterocycles. The van der Waals surface area contributed by atoms with Crippen molar-refractivity contribution in [1.29, 1.82) is 0 Å². The van der Waals surface area contributed by atoms with Gasteiger partial charge >= 0.3 is 0 Å². The van der Waals surface area contributed by atoms with Crippen molar-refractivity contribution in [1.82, 2.24) is 4.98 Å². The molecule has 0 amide bonds. The van der Waals surface area contributed by atoms with Gasteiger partial charge in [0.1, 0.15) is 17.2 Å². The number of alkyl halides is 2. The van der Waals surface area contributed by atoms with E-state index in [1.54, 1.807) is 20.1 Å². The summed E-state index contributed by atoms with van der Waals surface area (Å²) >= 11 is 0. The van der Waals surface area contributed by atoms with Gasteiger partial charge in [0.05, 0.1) is 12.8 Å². The molecular weight excluding hydrogens is 338 g/mol. The van der Waals surface area contributed by atoms with Crippen molar-refractivity contribution in [2.45, 2.75) is 45.3 Å². The van der Waals surface area contributed by atoms with Gasteiger partial charge in [0.25, 0.3) is 6.43 Å². The number of aromatic nitrogens is 1. The topological polar surface area (TPSA) is 43.7 Å². The fourth-order valence-corrected chi connectivity index (χ4v) is 3.55. The highest BCUT2D eigenvalue weighted by Gasteiger charge is 2.44. The SMILES string of the molecule is COc1ccc2c(c1C)OC1(CCC1)N=C2c1cnc(C(F)F)c(C)c1. The van der Waals surface area contributed by atoms with Crippen molar-refractivity contribution in [3.8, 4) is 11.5 Å². The Labute approximate surface area is 150 Å². The summed E-state index contributed by atoms with van der Waals surface area (Å²) in [5.74, 6) is 1.51. The summed E-state index contributed by atoms with van der Waals surface area (Å²) in [4.78, 5) is 8.85. The highest BCUT2D eigenvalue weighted by molar-refractivity contribution is 6.15. The number of ether oxygens (including phenoxy) is 2. The molecule has 2 heterocycles. The van der Waals surface area contributed by atoms with Crippen molar-refractivity contribution in [3.63, 3.8) is 0 Å². The molecule has 1 aromatic heterocycles. The predicted octanol–water partition coefficient (Wildman–Crippen LogP) is 4.75. The van der Waals surface area contributed by atoms with Gasteiger partial charge in [-0.3, -0.25) is 4.98 Å². The van der Waals surface area contributed by atoms with Crippen LogP contribution in [0, 0.1) is 13.8 Å². The first-order valence-electron chi connectivity index (χ1n) is 8.66. The minimum absolute atomic E-state index is 0.189. The van der Waals surface area contributed by atoms with Crippen molar-refractivity contribution in [2.75, 3.05) is 7.11 Å². The average molecular weight is 358 g/mol. The Kier molecular flexibility index (Phi) is 3.93. The number of aryl methyl sites for hydroxylation is 1. The maximum absolute atomic E-state index is 13.0. The number of pyridine rings is 1. The number of rotatable bonds is 3. The third kappa shape index (κ3) is 2.55. The molecule has 0 saturated heterocycles. The Hall–Kier alpha value is -2.50. The highest BCUT2D eigenvalue weighted by Crippen LogP contribution is 2.46. The summed E-state index contributed by atoms with van der Waals surface area (Å²) in [6, 6.07) is 5.51. The number of hydrogen-bond donors (Lipinski definition) is 0. The number of nitrogens with zero attached hydrogens (tertiary/aromatic N) is 2. The summed E-state index contributed by atoms with van der Waals surface area (Å²) in [6.45, 7) is 3.60. The molecule has 1 spiro atoms. The second kappa shape index (κ2) is 6.04. The number of halogens is 2. The van der Waals surface area contributed by atoms with E-state index in [-0.39, 0.29) is 5.69 Å². The Balaban J connectivity index is 1.87. The Morgan fingerprint density at radius 1 is 1.23 bits per heavy atom. The normalized spacial score (nSPS) is 17.4. The molecule has 1 saturated carbocycles. The predicted molar refractivity (Wildman–Crippen MR) is 94.5 cm³/mol. The quantitative estimate of drug-likeness (QED) is 0.795. The van der Waals surface area contributed by atoms with Gasteiger partial charge in [-0.1, -0.05) is 0 Å². The van der Waals surface area contributed by atoms with Crippen LogP contribution in [0.4, 0.5) is 8.78 Å². The van der Waals surface area contributed by atoms with Crippen LogP contribution in [0.2, 0.25) is 0 Å². The average Bonchev–Trinajstić information content (AvgIpc) is 2.59. The minimum atomic E-state index is -2.59. The van der Waals surface area contributed by atoms with Crippen molar-refractivity contribution in [3.05, 3.63) is 52.3 Å². The number of benzene rings is 1. The van der Waals surface area contributed by atoms with E-state index in [0.29, 0.717) is 5.56 Å². The summed E-state index contributed by atoms with van der Waals surface area (Å²) in [5, 5.41) is 0. The lowest BCUT2D eigenvalue weighted by Crippen LogP contribution is -2.45. The second-order valence-electron chi connectivity index (χ2n) is 6.86. The van der Waals surface area contributed by atoms with E-state index in [4.69, 9.17) is 14.5 Å². The summed E-state index contributed by atoms with van der Waals surface area (Å²) in [7, 11) is 1.63. The molecule has 0 bridgehead atoms. The lowest BCUT2D eigenvalue weighted by atomic mass is 9.85. The van der Waals surface area contributed by atoms with Crippen molar-refractivity contribution >= 4 is 5.71 Å². The first-order chi connectivity index (χ1) is 12.4. The van der Waals surface area contributed by atoms with E-state index in [0.717, 1.165) is 53.2 Å². The van der Waals surface area contributed by atoms with Crippen LogP contribution in [-0.2, 0) is 0 Å². The summed E-state index contributed by atoms with van der Waals surface area (Å²) in [5.41, 5.74) is 2.94. The Bertz CT molecular complexity index is 905. The molecular formula is C20H20F2N2O2. The van der Waals surface area contributed by atoms with Crippen LogP contribution in [0.1, 0.15) is 53.6 Å². The second-order valence-corrected chi connectivity index (χ2v) is 6.86. The van der Waals surface area contributed by atoms with Crippen LogP contribution in [0.3, 0.4) is 0 Å². The van der Waals surface area contributed by atoms with Gasteiger partial charge in [-0.15, -0.1) is 0 Å². The smallest absolute Gasteiger partial charge is 0.280 e. The highest BCUT2D eigenvalue weighted by atomic mass is 19.3. The van der Waals surface area contributed by atoms with Crippen LogP contribution >= 0.6 is 0 Å². The molecule has 4 rings (SSSR count). The Morgan fingerprint density at radius 2 is 2.00 bits per heavy atom. The first-order valence-corrected chi connectivity index (χ1v) is 8.66. The summed E-state index contributed by atoms with van der Waals surface area (Å²) in [6.07, 6.45) is 1.63. The molecule has 1 fully saturated rings. The maximum Gasteiger partial charge on any atom is 0.280 e. The van der Waals surface area contributed by atoms with Gasteiger partial charge in [0.2, 0.25) is 5.72 Å². The fraction of sp³-hybridized carbons (Fsp3) is 0.400. The monoisotopic (exact) mass is 358 g/mol. The molecule has 6 heteroatoms. The van der Waals surface area contributed by atoms with Crippen LogP contribution in [0.25, 0.3) is 0 Å². The van der Waals surface area contributed by atoms with Gasteiger partial charge in [0, 0.05) is 35.7 Å². The fourth-order valence-electron chi connectivity index (χ4n) is 3.55. The molecule has 136 valence electrons. The van der Waals surface area contributed by atoms with E-state index in [1.807, 2.05) is 19.1 Å². The standard InChI is InChI=1S/C20H20F2N2O2/c1-11-9-13(10-23-16(11)19(21)22)17-14-5-6-15(25-3)12(2)18(14)26-20(24-17)7-4-8-20/h5-6,9-10,19H,4,7-8H2,1-3H3. The molecule has 26 heavy (non-hydrogen) atoms. The zero-order valence-electron chi connectivity index (χ0n) is 15.0. The molecule has 1 aliphatic carbocycles. The van der Waals surface area contributed by atoms with Gasteiger partial charge in [0.15, 0.2) is 0 Å². The van der Waals surface area contributed by atoms with Gasteiger partial charge in [-0.05, 0) is 44.0 Å². The van der Waals surface area contributed by atoms with Crippen LogP contribution in [0.15, 0.2) is 29.4 Å². The van der Waals surface area contributed by atoms with Gasteiger partial charge in [-0.2, -0.15) is 0 Å². The lowest BCUT2D eigenvalue weighted by molar-refractivity contribution is -0.00228. The molecule has 2 aliphatic rings. The number of hydrogen-bond acceptors (Lipinski definition) is 4. The number of fused-ring (bicyclic) bond motifs is 1. The van der Waals surface area contributed by atoms with E-state index in [2.05, 4.69) is 4.98 Å². The molecule has 0 N–H and O–H groups in total. The minimum Gasteiger partial charge on any atom is -0.496 e. The molecule has 0 atom stereocenters. The van der Waals surface area contributed by atoms with Crippen molar-refractivity contribution < 1.29 is 18.3 Å². The Morgan fingerprint density at radius 3 is 2.58 bits per heavy atom. The number of aliphatic imine (C=N–C) groups is 1. The van der Waals surface area contributed by atoms with Gasteiger partial charge < -0.3 is 9.47 Å². The summed E-state index contributed by atoms with van der Waals surface area (Å²) < 4.78 is 37.8. The molecule has 2 aromatic rings. The van der Waals surface area contributed by atoms with Crippen LogP contribution in [0.5, 0.6) is 11.5 Å². The molecule has 0 unspecified atom stereocenters. The zero-order chi connectivity index (χ0) is 18.5. The largest absolute Gasteiger partial charge is 0.496 e. The van der Waals surface area contributed by atoms with E-state index < -0.39 is 12.2 Å².